The SMILES string of the molecule is CCC(=O)C(O)C(OOC1C(O)C(CO)OC(C(C)(C)C)C1O)C(O)C(O)CO. The van der Waals surface area contributed by atoms with E-state index in [9.17, 15) is 35.4 Å². The summed E-state index contributed by atoms with van der Waals surface area (Å²) in [6.07, 6.45) is -13.9. The maximum Gasteiger partial charge on any atom is 0.163 e. The molecule has 1 aliphatic heterocycles. The number of Topliss-reactive ketones (excluding diaryl/α,β-unsaturated/α-hetero) is 1. The third kappa shape index (κ3) is 6.37. The number of hydrogen-bond acceptors (Lipinski definition) is 11. The predicted octanol–water partition coefficient (Wildman–Crippen LogP) is -2.75. The Labute approximate surface area is 169 Å². The number of carbonyl (C=O) groups is 1. The first-order valence-corrected chi connectivity index (χ1v) is 9.52. The van der Waals surface area contributed by atoms with Crippen molar-refractivity contribution in [1.29, 1.82) is 0 Å². The van der Waals surface area contributed by atoms with Crippen molar-refractivity contribution in [2.45, 2.75) is 89.1 Å². The van der Waals surface area contributed by atoms with Crippen LogP contribution in [-0.4, -0.2) is 110 Å². The molecule has 0 saturated carbocycles. The van der Waals surface area contributed by atoms with Gasteiger partial charge in [-0.05, 0) is 5.41 Å². The van der Waals surface area contributed by atoms with E-state index in [4.69, 9.17) is 19.6 Å². The van der Waals surface area contributed by atoms with Gasteiger partial charge in [0.05, 0.1) is 19.3 Å². The predicted molar refractivity (Wildman–Crippen MR) is 97.4 cm³/mol. The zero-order chi connectivity index (χ0) is 22.5. The number of rotatable bonds is 10. The summed E-state index contributed by atoms with van der Waals surface area (Å²) < 4.78 is 5.56. The third-order valence-corrected chi connectivity index (χ3v) is 4.90. The van der Waals surface area contributed by atoms with Gasteiger partial charge in [-0.3, -0.25) is 4.79 Å². The van der Waals surface area contributed by atoms with Gasteiger partial charge in [-0.2, -0.15) is 0 Å². The van der Waals surface area contributed by atoms with Gasteiger partial charge in [0.15, 0.2) is 11.9 Å². The minimum absolute atomic E-state index is 0.107. The molecule has 1 aliphatic rings. The molecule has 11 heteroatoms. The van der Waals surface area contributed by atoms with Crippen molar-refractivity contribution < 1.29 is 55.1 Å². The molecule has 0 bridgehead atoms. The monoisotopic (exact) mass is 426 g/mol. The van der Waals surface area contributed by atoms with Crippen molar-refractivity contribution in [3.63, 3.8) is 0 Å². The van der Waals surface area contributed by atoms with Crippen LogP contribution in [0.25, 0.3) is 0 Å². The second kappa shape index (κ2) is 11.0. The van der Waals surface area contributed by atoms with Crippen LogP contribution in [0.5, 0.6) is 0 Å². The van der Waals surface area contributed by atoms with Gasteiger partial charge in [0.25, 0.3) is 0 Å². The van der Waals surface area contributed by atoms with Gasteiger partial charge < -0.3 is 40.5 Å². The van der Waals surface area contributed by atoms with E-state index in [0.29, 0.717) is 0 Å². The van der Waals surface area contributed by atoms with Crippen LogP contribution in [0.4, 0.5) is 0 Å². The lowest BCUT2D eigenvalue weighted by molar-refractivity contribution is -0.415. The molecule has 0 aromatic carbocycles. The molecule has 7 N–H and O–H groups in total. The summed E-state index contributed by atoms with van der Waals surface area (Å²) in [4.78, 5) is 21.9. The van der Waals surface area contributed by atoms with Crippen molar-refractivity contribution in [2.75, 3.05) is 13.2 Å². The average molecular weight is 426 g/mol. The highest BCUT2D eigenvalue weighted by molar-refractivity contribution is 5.83. The molecule has 0 aromatic rings. The lowest BCUT2D eigenvalue weighted by Crippen LogP contribution is -2.63. The molecular formula is C18H34O11. The Hall–Kier alpha value is -0.730. The molecule has 0 aromatic heterocycles. The fourth-order valence-corrected chi connectivity index (χ4v) is 3.06. The highest BCUT2D eigenvalue weighted by atomic mass is 17.2. The first kappa shape index (κ1) is 26.3. The molecule has 29 heavy (non-hydrogen) atoms. The Morgan fingerprint density at radius 1 is 1.10 bits per heavy atom. The van der Waals surface area contributed by atoms with Crippen LogP contribution in [0.2, 0.25) is 0 Å². The summed E-state index contributed by atoms with van der Waals surface area (Å²) in [5.41, 5.74) is -0.613. The Morgan fingerprint density at radius 3 is 2.14 bits per heavy atom. The fourth-order valence-electron chi connectivity index (χ4n) is 3.06. The van der Waals surface area contributed by atoms with E-state index < -0.39 is 79.3 Å². The smallest absolute Gasteiger partial charge is 0.163 e. The molecule has 1 heterocycles. The minimum Gasteiger partial charge on any atom is -0.394 e. The average Bonchev–Trinajstić information content (AvgIpc) is 2.67. The van der Waals surface area contributed by atoms with E-state index >= 15 is 0 Å². The molecule has 9 unspecified atom stereocenters. The zero-order valence-corrected chi connectivity index (χ0v) is 17.1. The van der Waals surface area contributed by atoms with Crippen LogP contribution >= 0.6 is 0 Å². The maximum atomic E-state index is 11.8. The Balaban J connectivity index is 3.05. The van der Waals surface area contributed by atoms with Gasteiger partial charge in [-0.1, -0.05) is 27.7 Å². The Kier molecular flexibility index (Phi) is 10.0. The number of aliphatic hydroxyl groups excluding tert-OH is 7. The van der Waals surface area contributed by atoms with Crippen LogP contribution in [0.15, 0.2) is 0 Å². The van der Waals surface area contributed by atoms with E-state index in [1.54, 1.807) is 20.8 Å². The van der Waals surface area contributed by atoms with E-state index in [1.165, 1.54) is 6.92 Å². The molecule has 172 valence electrons. The van der Waals surface area contributed by atoms with Gasteiger partial charge in [-0.25, -0.2) is 9.78 Å². The molecule has 11 nitrogen and oxygen atoms in total. The number of aliphatic hydroxyl groups is 7. The van der Waals surface area contributed by atoms with Crippen LogP contribution in [0.1, 0.15) is 34.1 Å². The standard InChI is InChI=1S/C18H34O11/c1-5-8(21)11(23)15(12(24)9(22)6-19)28-29-16-13(25)10(7-20)27-17(14(16)26)18(2,3)4/h9-17,19-20,22-26H,5-7H2,1-4H3. The van der Waals surface area contributed by atoms with Gasteiger partial charge in [0.1, 0.15) is 42.7 Å². The van der Waals surface area contributed by atoms with Crippen LogP contribution in [0.3, 0.4) is 0 Å². The quantitative estimate of drug-likeness (QED) is 0.142. The van der Waals surface area contributed by atoms with Gasteiger partial charge >= 0.3 is 0 Å². The van der Waals surface area contributed by atoms with E-state index in [1.807, 2.05) is 0 Å². The van der Waals surface area contributed by atoms with Gasteiger partial charge in [0, 0.05) is 6.42 Å². The molecule has 0 spiro atoms. The zero-order valence-electron chi connectivity index (χ0n) is 17.1. The summed E-state index contributed by atoms with van der Waals surface area (Å²) >= 11 is 0. The van der Waals surface area contributed by atoms with Crippen molar-refractivity contribution in [2.24, 2.45) is 5.41 Å². The number of carbonyl (C=O) groups excluding carboxylic acids is 1. The van der Waals surface area contributed by atoms with Gasteiger partial charge in [0.2, 0.25) is 0 Å². The van der Waals surface area contributed by atoms with Gasteiger partial charge in [-0.15, -0.1) is 0 Å². The topological polar surface area (TPSA) is 186 Å². The lowest BCUT2D eigenvalue weighted by Gasteiger charge is -2.46. The van der Waals surface area contributed by atoms with Crippen LogP contribution < -0.4 is 0 Å². The summed E-state index contributed by atoms with van der Waals surface area (Å²) in [6.45, 7) is 5.29. The summed E-state index contributed by atoms with van der Waals surface area (Å²) in [7, 11) is 0. The highest BCUT2D eigenvalue weighted by Gasteiger charge is 2.50. The van der Waals surface area contributed by atoms with E-state index in [-0.39, 0.29) is 6.42 Å². The molecule has 1 rings (SSSR count). The van der Waals surface area contributed by atoms with E-state index in [2.05, 4.69) is 0 Å². The Morgan fingerprint density at radius 2 is 1.69 bits per heavy atom. The molecule has 0 aliphatic carbocycles. The molecule has 0 amide bonds. The summed E-state index contributed by atoms with van der Waals surface area (Å²) in [6, 6.07) is 0. The second-order valence-electron chi connectivity index (χ2n) is 8.25. The van der Waals surface area contributed by atoms with Crippen molar-refractivity contribution >= 4 is 5.78 Å². The normalized spacial score (nSPS) is 32.4. The first-order chi connectivity index (χ1) is 13.4. The summed E-state index contributed by atoms with van der Waals surface area (Å²) in [5.74, 6) is -0.725. The van der Waals surface area contributed by atoms with Crippen LogP contribution in [0, 0.1) is 5.41 Å². The largest absolute Gasteiger partial charge is 0.394 e. The van der Waals surface area contributed by atoms with Crippen molar-refractivity contribution in [3.05, 3.63) is 0 Å². The molecular weight excluding hydrogens is 392 g/mol. The highest BCUT2D eigenvalue weighted by Crippen LogP contribution is 2.34. The fraction of sp³-hybridized carbons (Fsp3) is 0.944. The first-order valence-electron chi connectivity index (χ1n) is 9.52. The third-order valence-electron chi connectivity index (χ3n) is 4.90. The number of ketones is 1. The summed E-state index contributed by atoms with van der Waals surface area (Å²) in [5, 5.41) is 69.4. The number of hydrogen-bond donors (Lipinski definition) is 7. The second-order valence-corrected chi connectivity index (χ2v) is 8.25. The van der Waals surface area contributed by atoms with Crippen molar-refractivity contribution in [1.82, 2.24) is 0 Å². The number of ether oxygens (including phenoxy) is 1. The maximum absolute atomic E-state index is 11.8. The molecule has 1 saturated heterocycles. The molecule has 9 atom stereocenters. The minimum atomic E-state index is -1.91. The molecule has 0 radical (unpaired) electrons. The van der Waals surface area contributed by atoms with Crippen LogP contribution in [-0.2, 0) is 19.3 Å². The lowest BCUT2D eigenvalue weighted by atomic mass is 9.80. The molecule has 1 fully saturated rings. The Bertz CT molecular complexity index is 509. The van der Waals surface area contributed by atoms with E-state index in [0.717, 1.165) is 0 Å². The van der Waals surface area contributed by atoms with Crippen molar-refractivity contribution in [3.8, 4) is 0 Å².